The Labute approximate surface area is 134 Å². The van der Waals surface area contributed by atoms with Crippen molar-refractivity contribution in [3.05, 3.63) is 32.8 Å². The molecule has 0 radical (unpaired) electrons. The lowest BCUT2D eigenvalue weighted by Gasteiger charge is -2.20. The lowest BCUT2D eigenvalue weighted by Crippen LogP contribution is -2.19. The fraction of sp³-hybridized carbons (Fsp3) is 0.625. The Morgan fingerprint density at radius 1 is 1.29 bits per heavy atom. The molecule has 116 valence electrons. The maximum Gasteiger partial charge on any atom is 0.270 e. The van der Waals surface area contributed by atoms with Gasteiger partial charge in [0.15, 0.2) is 0 Å². The summed E-state index contributed by atoms with van der Waals surface area (Å²) < 4.78 is 0.765. The average molecular weight is 355 g/mol. The second-order valence-electron chi connectivity index (χ2n) is 6.27. The molecule has 21 heavy (non-hydrogen) atoms. The van der Waals surface area contributed by atoms with Crippen LogP contribution in [-0.4, -0.2) is 11.0 Å². The van der Waals surface area contributed by atoms with E-state index < -0.39 is 0 Å². The van der Waals surface area contributed by atoms with Gasteiger partial charge in [0.2, 0.25) is 0 Å². The molecule has 1 N–H and O–H groups in total. The highest BCUT2D eigenvalue weighted by Crippen LogP contribution is 2.32. The molecule has 0 aliphatic heterocycles. The minimum Gasteiger partial charge on any atom is -0.381 e. The quantitative estimate of drug-likeness (QED) is 0.448. The summed E-state index contributed by atoms with van der Waals surface area (Å²) in [6.07, 6.45) is 6.18. The number of nitrogens with one attached hydrogen (secondary N) is 1. The van der Waals surface area contributed by atoms with Crippen molar-refractivity contribution in [3.63, 3.8) is 0 Å². The average Bonchev–Trinajstić information content (AvgIpc) is 2.66. The molecule has 1 aliphatic rings. The molecule has 0 amide bonds. The van der Waals surface area contributed by atoms with Crippen LogP contribution in [0.2, 0.25) is 0 Å². The van der Waals surface area contributed by atoms with E-state index in [-0.39, 0.29) is 10.6 Å². The number of rotatable bonds is 4. The minimum absolute atomic E-state index is 0.119. The van der Waals surface area contributed by atoms with Gasteiger partial charge in [0.1, 0.15) is 0 Å². The summed E-state index contributed by atoms with van der Waals surface area (Å²) in [5, 5.41) is 14.3. The summed E-state index contributed by atoms with van der Waals surface area (Å²) in [6.45, 7) is 4.62. The molecule has 0 heterocycles. The van der Waals surface area contributed by atoms with E-state index in [2.05, 4.69) is 35.1 Å². The Morgan fingerprint density at radius 3 is 2.67 bits per heavy atom. The van der Waals surface area contributed by atoms with Crippen LogP contribution in [0.15, 0.2) is 22.7 Å². The number of benzene rings is 1. The number of nitro benzene ring substituents is 1. The number of anilines is 1. The molecule has 4 nitrogen and oxygen atoms in total. The van der Waals surface area contributed by atoms with Crippen molar-refractivity contribution in [2.75, 3.05) is 5.32 Å². The first kappa shape index (κ1) is 16.3. The molecule has 1 aromatic rings. The molecule has 0 spiro atoms. The van der Waals surface area contributed by atoms with Gasteiger partial charge >= 0.3 is 0 Å². The molecule has 0 saturated heterocycles. The predicted molar refractivity (Wildman–Crippen MR) is 89.6 cm³/mol. The topological polar surface area (TPSA) is 55.2 Å². The fourth-order valence-corrected chi connectivity index (χ4v) is 3.58. The van der Waals surface area contributed by atoms with Crippen molar-refractivity contribution in [3.8, 4) is 0 Å². The van der Waals surface area contributed by atoms with E-state index in [9.17, 15) is 10.1 Å². The third kappa shape index (κ3) is 4.43. The standard InChI is InChI=1S/C16H23BrN2O2/c1-11(2)12-4-3-5-13(7-6-12)18-16-9-8-14(19(20)21)10-15(16)17/h8-13,18H,3-7H2,1-2H3. The van der Waals surface area contributed by atoms with E-state index in [4.69, 9.17) is 0 Å². The zero-order valence-corrected chi connectivity index (χ0v) is 14.2. The maximum absolute atomic E-state index is 10.8. The number of non-ortho nitro benzene ring substituents is 1. The van der Waals surface area contributed by atoms with Gasteiger partial charge in [0.05, 0.1) is 4.92 Å². The molecule has 0 aromatic heterocycles. The van der Waals surface area contributed by atoms with E-state index >= 15 is 0 Å². The minimum atomic E-state index is -0.368. The number of hydrogen-bond donors (Lipinski definition) is 1. The normalized spacial score (nSPS) is 22.9. The summed E-state index contributed by atoms with van der Waals surface area (Å²) >= 11 is 3.43. The van der Waals surface area contributed by atoms with Crippen LogP contribution in [0.4, 0.5) is 11.4 Å². The van der Waals surface area contributed by atoms with Crippen molar-refractivity contribution < 1.29 is 4.92 Å². The van der Waals surface area contributed by atoms with Crippen LogP contribution in [0.5, 0.6) is 0 Å². The van der Waals surface area contributed by atoms with Gasteiger partial charge in [-0.3, -0.25) is 10.1 Å². The van der Waals surface area contributed by atoms with Gasteiger partial charge in [-0.2, -0.15) is 0 Å². The van der Waals surface area contributed by atoms with E-state index in [1.807, 2.05) is 0 Å². The third-order valence-corrected chi connectivity index (χ3v) is 5.14. The first-order valence-corrected chi connectivity index (χ1v) is 8.47. The molecule has 2 rings (SSSR count). The van der Waals surface area contributed by atoms with Crippen LogP contribution >= 0.6 is 15.9 Å². The smallest absolute Gasteiger partial charge is 0.270 e. The largest absolute Gasteiger partial charge is 0.381 e. The molecule has 2 atom stereocenters. The van der Waals surface area contributed by atoms with Gasteiger partial charge in [-0.25, -0.2) is 0 Å². The van der Waals surface area contributed by atoms with Gasteiger partial charge in [-0.05, 0) is 53.1 Å². The Morgan fingerprint density at radius 2 is 2.05 bits per heavy atom. The molecule has 1 aliphatic carbocycles. The van der Waals surface area contributed by atoms with Crippen LogP contribution in [-0.2, 0) is 0 Å². The number of nitro groups is 1. The summed E-state index contributed by atoms with van der Waals surface area (Å²) in [6, 6.07) is 5.38. The maximum atomic E-state index is 10.8. The predicted octanol–water partition coefficient (Wildman–Crippen LogP) is 5.37. The summed E-state index contributed by atoms with van der Waals surface area (Å²) in [7, 11) is 0. The van der Waals surface area contributed by atoms with E-state index in [0.29, 0.717) is 6.04 Å². The van der Waals surface area contributed by atoms with Gasteiger partial charge in [-0.15, -0.1) is 0 Å². The molecule has 1 saturated carbocycles. The summed E-state index contributed by atoms with van der Waals surface area (Å²) in [4.78, 5) is 10.4. The highest BCUT2D eigenvalue weighted by atomic mass is 79.9. The van der Waals surface area contributed by atoms with Crippen molar-refractivity contribution in [1.29, 1.82) is 0 Å². The first-order valence-electron chi connectivity index (χ1n) is 7.68. The van der Waals surface area contributed by atoms with Crippen molar-refractivity contribution in [2.24, 2.45) is 11.8 Å². The summed E-state index contributed by atoms with van der Waals surface area (Å²) in [5.74, 6) is 1.59. The Bertz CT molecular complexity index is 505. The molecule has 1 fully saturated rings. The van der Waals surface area contributed by atoms with Gasteiger partial charge < -0.3 is 5.32 Å². The molecule has 5 heteroatoms. The number of hydrogen-bond acceptors (Lipinski definition) is 3. The monoisotopic (exact) mass is 354 g/mol. The molecule has 0 bridgehead atoms. The number of halogens is 1. The van der Waals surface area contributed by atoms with Crippen LogP contribution in [0.3, 0.4) is 0 Å². The molecule has 1 aromatic carbocycles. The van der Waals surface area contributed by atoms with Crippen LogP contribution in [0, 0.1) is 22.0 Å². The van der Waals surface area contributed by atoms with E-state index in [0.717, 1.165) is 22.0 Å². The van der Waals surface area contributed by atoms with Crippen molar-refractivity contribution >= 4 is 27.3 Å². The second kappa shape index (κ2) is 7.25. The lowest BCUT2D eigenvalue weighted by molar-refractivity contribution is -0.384. The first-order chi connectivity index (χ1) is 9.97. The highest BCUT2D eigenvalue weighted by Gasteiger charge is 2.21. The Hall–Kier alpha value is -1.10. The fourth-order valence-electron chi connectivity index (χ4n) is 3.10. The second-order valence-corrected chi connectivity index (χ2v) is 7.13. The molecule has 2 unspecified atom stereocenters. The highest BCUT2D eigenvalue weighted by molar-refractivity contribution is 9.10. The van der Waals surface area contributed by atoms with Crippen LogP contribution in [0.1, 0.15) is 46.0 Å². The summed E-state index contributed by atoms with van der Waals surface area (Å²) in [5.41, 5.74) is 1.07. The Kier molecular flexibility index (Phi) is 5.62. The zero-order valence-electron chi connectivity index (χ0n) is 12.6. The third-order valence-electron chi connectivity index (χ3n) is 4.48. The van der Waals surface area contributed by atoms with Gasteiger partial charge in [-0.1, -0.05) is 26.7 Å². The molecular weight excluding hydrogens is 332 g/mol. The Balaban J connectivity index is 2.00. The SMILES string of the molecule is CC(C)C1CCCC(Nc2ccc([N+](=O)[O-])cc2Br)CC1. The lowest BCUT2D eigenvalue weighted by atomic mass is 9.89. The van der Waals surface area contributed by atoms with Crippen molar-refractivity contribution in [1.82, 2.24) is 0 Å². The van der Waals surface area contributed by atoms with E-state index in [1.165, 1.54) is 32.1 Å². The van der Waals surface area contributed by atoms with Gasteiger partial charge in [0.25, 0.3) is 5.69 Å². The van der Waals surface area contributed by atoms with Gasteiger partial charge in [0, 0.05) is 28.3 Å². The zero-order chi connectivity index (χ0) is 15.4. The van der Waals surface area contributed by atoms with Crippen LogP contribution in [0.25, 0.3) is 0 Å². The van der Waals surface area contributed by atoms with E-state index in [1.54, 1.807) is 18.2 Å². The van der Waals surface area contributed by atoms with Crippen molar-refractivity contribution in [2.45, 2.75) is 52.0 Å². The molecular formula is C16H23BrN2O2. The van der Waals surface area contributed by atoms with Crippen LogP contribution < -0.4 is 5.32 Å². The number of nitrogens with zero attached hydrogens (tertiary/aromatic N) is 1.